The first-order chi connectivity index (χ1) is 17.0. The summed E-state index contributed by atoms with van der Waals surface area (Å²) in [7, 11) is 1.78. The van der Waals surface area contributed by atoms with E-state index in [1.165, 1.54) is 12.1 Å². The van der Waals surface area contributed by atoms with Crippen molar-refractivity contribution in [2.75, 3.05) is 18.5 Å². The molecule has 180 valence electrons. The zero-order chi connectivity index (χ0) is 24.6. The zero-order valence-electron chi connectivity index (χ0n) is 19.8. The molecule has 1 aromatic heterocycles. The maximum atomic E-state index is 13.7. The van der Waals surface area contributed by atoms with Crippen molar-refractivity contribution < 1.29 is 14.0 Å². The molecule has 3 aromatic carbocycles. The Labute approximate surface area is 204 Å². The Morgan fingerprint density at radius 2 is 1.63 bits per heavy atom. The molecule has 0 saturated heterocycles. The molecular formula is C28H29FN4O2. The molecule has 0 atom stereocenters. The summed E-state index contributed by atoms with van der Waals surface area (Å²) in [5, 5.41) is 2.78. The summed E-state index contributed by atoms with van der Waals surface area (Å²) >= 11 is 0. The highest BCUT2D eigenvalue weighted by Gasteiger charge is 2.17. The molecule has 6 nitrogen and oxygen atoms in total. The molecule has 2 amide bonds. The molecule has 4 aromatic rings. The molecule has 1 heterocycles. The molecule has 0 radical (unpaired) electrons. The number of carbonyl (C=O) groups is 2. The fourth-order valence-electron chi connectivity index (χ4n) is 4.06. The molecule has 0 spiro atoms. The summed E-state index contributed by atoms with van der Waals surface area (Å²) in [5.74, 6) is -0.0600. The van der Waals surface area contributed by atoms with Gasteiger partial charge in [-0.2, -0.15) is 0 Å². The monoisotopic (exact) mass is 472 g/mol. The van der Waals surface area contributed by atoms with Gasteiger partial charge in [-0.05, 0) is 49.2 Å². The van der Waals surface area contributed by atoms with Gasteiger partial charge in [0, 0.05) is 25.7 Å². The zero-order valence-corrected chi connectivity index (χ0v) is 19.8. The molecule has 7 heteroatoms. The second-order valence-electron chi connectivity index (χ2n) is 8.44. The summed E-state index contributed by atoms with van der Waals surface area (Å²) in [6.45, 7) is 0.684. The van der Waals surface area contributed by atoms with Gasteiger partial charge in [-0.15, -0.1) is 0 Å². The number of benzene rings is 3. The molecule has 4 rings (SSSR count). The number of fused-ring (bicyclic) bond motifs is 1. The Bertz CT molecular complexity index is 1300. The number of para-hydroxylation sites is 3. The lowest BCUT2D eigenvalue weighted by molar-refractivity contribution is -0.118. The van der Waals surface area contributed by atoms with E-state index in [9.17, 15) is 14.0 Å². The number of unbranched alkanes of at least 4 members (excludes halogenated alkanes) is 2. The van der Waals surface area contributed by atoms with Gasteiger partial charge in [-0.1, -0.05) is 48.9 Å². The summed E-state index contributed by atoms with van der Waals surface area (Å²) in [5.41, 5.74) is 2.72. The molecule has 0 fully saturated rings. The predicted molar refractivity (Wildman–Crippen MR) is 136 cm³/mol. The predicted octanol–water partition coefficient (Wildman–Crippen LogP) is 4.98. The third-order valence-corrected chi connectivity index (χ3v) is 6.03. The average Bonchev–Trinajstić information content (AvgIpc) is 3.23. The maximum absolute atomic E-state index is 13.7. The molecule has 0 unspecified atom stereocenters. The fourth-order valence-corrected chi connectivity index (χ4v) is 4.06. The van der Waals surface area contributed by atoms with Gasteiger partial charge in [0.05, 0.1) is 16.6 Å². The standard InChI is InChI=1S/C28H29FN4O2/c1-32(21-12-4-2-5-13-21)27(34)20-33-25-17-10-9-16-24(25)31-26(33)18-6-3-11-19-30-28(35)22-14-7-8-15-23(22)29/h2,4-5,7-10,12-17H,3,6,11,18-20H2,1H3,(H,30,35). The van der Waals surface area contributed by atoms with Gasteiger partial charge >= 0.3 is 0 Å². The lowest BCUT2D eigenvalue weighted by Crippen LogP contribution is -2.30. The minimum atomic E-state index is -0.517. The number of likely N-dealkylation sites (N-methyl/N-ethyl adjacent to an activating group) is 1. The maximum Gasteiger partial charge on any atom is 0.254 e. The van der Waals surface area contributed by atoms with E-state index in [0.29, 0.717) is 6.54 Å². The second kappa shape index (κ2) is 11.4. The number of hydrogen-bond acceptors (Lipinski definition) is 3. The van der Waals surface area contributed by atoms with Crippen LogP contribution >= 0.6 is 0 Å². The van der Waals surface area contributed by atoms with E-state index in [1.807, 2.05) is 59.2 Å². The smallest absolute Gasteiger partial charge is 0.254 e. The van der Waals surface area contributed by atoms with Gasteiger partial charge in [-0.3, -0.25) is 9.59 Å². The topological polar surface area (TPSA) is 67.2 Å². The van der Waals surface area contributed by atoms with E-state index in [1.54, 1.807) is 24.1 Å². The third kappa shape index (κ3) is 5.93. The Hall–Kier alpha value is -4.00. The fraction of sp³-hybridized carbons (Fsp3) is 0.250. The van der Waals surface area contributed by atoms with Crippen molar-refractivity contribution >= 4 is 28.5 Å². The number of halogens is 1. The van der Waals surface area contributed by atoms with Crippen molar-refractivity contribution in [2.45, 2.75) is 32.2 Å². The second-order valence-corrected chi connectivity index (χ2v) is 8.44. The number of nitrogens with zero attached hydrogens (tertiary/aromatic N) is 3. The van der Waals surface area contributed by atoms with Gasteiger partial charge in [0.15, 0.2) is 0 Å². The van der Waals surface area contributed by atoms with Crippen molar-refractivity contribution in [3.05, 3.63) is 96.1 Å². The van der Waals surface area contributed by atoms with Gasteiger partial charge < -0.3 is 14.8 Å². The van der Waals surface area contributed by atoms with Crippen molar-refractivity contribution in [3.63, 3.8) is 0 Å². The highest BCUT2D eigenvalue weighted by atomic mass is 19.1. The van der Waals surface area contributed by atoms with Crippen molar-refractivity contribution in [1.82, 2.24) is 14.9 Å². The number of imidazole rings is 1. The van der Waals surface area contributed by atoms with Crippen molar-refractivity contribution in [1.29, 1.82) is 0 Å². The first kappa shape index (κ1) is 24.1. The van der Waals surface area contributed by atoms with Crippen LogP contribution in [0.2, 0.25) is 0 Å². The lowest BCUT2D eigenvalue weighted by Gasteiger charge is -2.18. The molecule has 0 saturated carbocycles. The van der Waals surface area contributed by atoms with E-state index >= 15 is 0 Å². The van der Waals surface area contributed by atoms with E-state index in [-0.39, 0.29) is 18.0 Å². The number of rotatable bonds is 10. The quantitative estimate of drug-likeness (QED) is 0.331. The van der Waals surface area contributed by atoms with Crippen LogP contribution in [0.3, 0.4) is 0 Å². The Balaban J connectivity index is 1.33. The van der Waals surface area contributed by atoms with Crippen LogP contribution in [0.4, 0.5) is 10.1 Å². The molecule has 0 aliphatic heterocycles. The number of amides is 2. The minimum absolute atomic E-state index is 0.0172. The minimum Gasteiger partial charge on any atom is -0.352 e. The normalized spacial score (nSPS) is 10.9. The Morgan fingerprint density at radius 3 is 2.43 bits per heavy atom. The van der Waals surface area contributed by atoms with E-state index in [0.717, 1.165) is 48.2 Å². The average molecular weight is 473 g/mol. The third-order valence-electron chi connectivity index (χ3n) is 6.03. The van der Waals surface area contributed by atoms with Gasteiger partial charge in [0.1, 0.15) is 18.2 Å². The van der Waals surface area contributed by atoms with Crippen LogP contribution in [0.15, 0.2) is 78.9 Å². The van der Waals surface area contributed by atoms with Crippen LogP contribution in [-0.2, 0) is 17.8 Å². The van der Waals surface area contributed by atoms with Crippen LogP contribution in [0.5, 0.6) is 0 Å². The number of anilines is 1. The van der Waals surface area contributed by atoms with Crippen molar-refractivity contribution in [2.24, 2.45) is 0 Å². The van der Waals surface area contributed by atoms with Gasteiger partial charge in [0.2, 0.25) is 5.91 Å². The van der Waals surface area contributed by atoms with Crippen LogP contribution in [-0.4, -0.2) is 35.0 Å². The van der Waals surface area contributed by atoms with E-state index in [2.05, 4.69) is 5.32 Å². The van der Waals surface area contributed by atoms with Crippen LogP contribution in [0, 0.1) is 5.82 Å². The van der Waals surface area contributed by atoms with E-state index in [4.69, 9.17) is 4.98 Å². The van der Waals surface area contributed by atoms with Gasteiger partial charge in [-0.25, -0.2) is 9.37 Å². The van der Waals surface area contributed by atoms with Crippen LogP contribution in [0.25, 0.3) is 11.0 Å². The van der Waals surface area contributed by atoms with Gasteiger partial charge in [0.25, 0.3) is 5.91 Å². The summed E-state index contributed by atoms with van der Waals surface area (Å²) < 4.78 is 15.7. The number of aryl methyl sites for hydroxylation is 1. The number of carbonyl (C=O) groups excluding carboxylic acids is 2. The van der Waals surface area contributed by atoms with Crippen molar-refractivity contribution in [3.8, 4) is 0 Å². The molecule has 0 aliphatic carbocycles. The molecule has 0 bridgehead atoms. The number of aromatic nitrogens is 2. The highest BCUT2D eigenvalue weighted by Crippen LogP contribution is 2.19. The first-order valence-electron chi connectivity index (χ1n) is 11.8. The molecule has 1 N–H and O–H groups in total. The summed E-state index contributed by atoms with van der Waals surface area (Å²) in [4.78, 5) is 31.6. The van der Waals surface area contributed by atoms with Crippen LogP contribution in [0.1, 0.15) is 35.4 Å². The highest BCUT2D eigenvalue weighted by molar-refractivity contribution is 5.94. The molecular weight excluding hydrogens is 443 g/mol. The lowest BCUT2D eigenvalue weighted by atomic mass is 10.1. The molecule has 35 heavy (non-hydrogen) atoms. The first-order valence-corrected chi connectivity index (χ1v) is 11.8. The number of hydrogen-bond donors (Lipinski definition) is 1. The summed E-state index contributed by atoms with van der Waals surface area (Å²) in [6, 6.07) is 23.4. The number of nitrogens with one attached hydrogen (secondary N) is 1. The Morgan fingerprint density at radius 1 is 0.914 bits per heavy atom. The van der Waals surface area contributed by atoms with Crippen LogP contribution < -0.4 is 10.2 Å². The largest absolute Gasteiger partial charge is 0.352 e. The Kier molecular flexibility index (Phi) is 7.88. The van der Waals surface area contributed by atoms with E-state index < -0.39 is 11.7 Å². The molecule has 0 aliphatic rings. The SMILES string of the molecule is CN(C(=O)Cn1c(CCCCCNC(=O)c2ccccc2F)nc2ccccc21)c1ccccc1. The summed E-state index contributed by atoms with van der Waals surface area (Å²) in [6.07, 6.45) is 3.23.